The summed E-state index contributed by atoms with van der Waals surface area (Å²) in [6, 6.07) is 17.0. The van der Waals surface area contributed by atoms with Crippen molar-refractivity contribution in [3.05, 3.63) is 70.7 Å². The van der Waals surface area contributed by atoms with Gasteiger partial charge in [0.25, 0.3) is 5.91 Å². The van der Waals surface area contributed by atoms with E-state index in [0.717, 1.165) is 18.7 Å². The number of halogens is 1. The van der Waals surface area contributed by atoms with Crippen molar-refractivity contribution < 1.29 is 4.79 Å². The number of benzene rings is 2. The van der Waals surface area contributed by atoms with Crippen molar-refractivity contribution in [1.82, 2.24) is 10.2 Å². The molecule has 3 nitrogen and oxygen atoms in total. The number of nitrogens with zero attached hydrogens (tertiary/aromatic N) is 1. The monoisotopic (exact) mass is 314 g/mol. The van der Waals surface area contributed by atoms with Crippen molar-refractivity contribution in [2.24, 2.45) is 0 Å². The van der Waals surface area contributed by atoms with Gasteiger partial charge in [0, 0.05) is 23.7 Å². The number of amides is 1. The largest absolute Gasteiger partial charge is 0.332 e. The van der Waals surface area contributed by atoms with Crippen LogP contribution in [0, 0.1) is 0 Å². The number of carbonyl (C=O) groups is 1. The Balaban J connectivity index is 1.82. The fraction of sp³-hybridized carbons (Fsp3) is 0.278. The smallest absolute Gasteiger partial charge is 0.252 e. The van der Waals surface area contributed by atoms with Gasteiger partial charge >= 0.3 is 0 Å². The summed E-state index contributed by atoms with van der Waals surface area (Å²) in [7, 11) is 0. The Hall–Kier alpha value is -1.84. The summed E-state index contributed by atoms with van der Waals surface area (Å²) in [6.07, 6.45) is 2.24. The molecular weight excluding hydrogens is 296 g/mol. The molecule has 1 N–H and O–H groups in total. The minimum Gasteiger partial charge on any atom is -0.332 e. The molecule has 1 saturated heterocycles. The lowest BCUT2D eigenvalue weighted by molar-refractivity contribution is 0.0871. The van der Waals surface area contributed by atoms with Crippen molar-refractivity contribution in [2.75, 3.05) is 13.1 Å². The number of hydrogen-bond acceptors (Lipinski definition) is 2. The highest BCUT2D eigenvalue weighted by molar-refractivity contribution is 6.30. The minimum absolute atomic E-state index is 0.0487. The van der Waals surface area contributed by atoms with Crippen LogP contribution >= 0.6 is 11.6 Å². The molecule has 0 spiro atoms. The van der Waals surface area contributed by atoms with E-state index in [1.165, 1.54) is 12.8 Å². The van der Waals surface area contributed by atoms with E-state index in [4.69, 9.17) is 11.6 Å². The average molecular weight is 315 g/mol. The zero-order valence-electron chi connectivity index (χ0n) is 12.3. The van der Waals surface area contributed by atoms with E-state index in [1.807, 2.05) is 54.6 Å². The van der Waals surface area contributed by atoms with Gasteiger partial charge in [0.05, 0.1) is 0 Å². The van der Waals surface area contributed by atoms with E-state index < -0.39 is 0 Å². The molecule has 1 unspecified atom stereocenters. The first-order chi connectivity index (χ1) is 10.7. The maximum absolute atomic E-state index is 12.5. The molecule has 0 aromatic heterocycles. The zero-order chi connectivity index (χ0) is 15.4. The fourth-order valence-electron chi connectivity index (χ4n) is 2.83. The quantitative estimate of drug-likeness (QED) is 0.929. The summed E-state index contributed by atoms with van der Waals surface area (Å²) in [5.41, 5.74) is 1.75. The van der Waals surface area contributed by atoms with Crippen LogP contribution in [0.2, 0.25) is 5.02 Å². The van der Waals surface area contributed by atoms with E-state index in [1.54, 1.807) is 0 Å². The summed E-state index contributed by atoms with van der Waals surface area (Å²) in [6.45, 7) is 2.00. The minimum atomic E-state index is -0.104. The molecule has 1 heterocycles. The molecule has 22 heavy (non-hydrogen) atoms. The predicted molar refractivity (Wildman–Crippen MR) is 88.9 cm³/mol. The second-order valence-corrected chi connectivity index (χ2v) is 5.97. The molecule has 114 valence electrons. The Bertz CT molecular complexity index is 621. The Morgan fingerprint density at radius 3 is 2.27 bits per heavy atom. The van der Waals surface area contributed by atoms with Crippen molar-refractivity contribution in [3.63, 3.8) is 0 Å². The Labute approximate surface area is 135 Å². The van der Waals surface area contributed by atoms with E-state index >= 15 is 0 Å². The third kappa shape index (κ3) is 3.49. The molecule has 0 radical (unpaired) electrons. The van der Waals surface area contributed by atoms with E-state index in [9.17, 15) is 4.79 Å². The first-order valence-corrected chi connectivity index (χ1v) is 7.97. The zero-order valence-corrected chi connectivity index (χ0v) is 13.1. The SMILES string of the molecule is O=C(NC(c1ccc(Cl)cc1)N1CCCC1)c1ccccc1. The standard InChI is InChI=1S/C18H19ClN2O/c19-16-10-8-14(9-11-16)17(21-12-4-5-13-21)20-18(22)15-6-2-1-3-7-15/h1-3,6-11,17H,4-5,12-13H2,(H,20,22). The topological polar surface area (TPSA) is 32.3 Å². The van der Waals surface area contributed by atoms with Crippen LogP contribution < -0.4 is 5.32 Å². The van der Waals surface area contributed by atoms with E-state index in [-0.39, 0.29) is 12.1 Å². The van der Waals surface area contributed by atoms with Gasteiger partial charge in [-0.25, -0.2) is 0 Å². The van der Waals surface area contributed by atoms with Gasteiger partial charge in [-0.3, -0.25) is 9.69 Å². The molecule has 0 saturated carbocycles. The number of nitrogens with one attached hydrogen (secondary N) is 1. The Kier molecular flexibility index (Phi) is 4.76. The third-order valence-electron chi connectivity index (χ3n) is 4.00. The van der Waals surface area contributed by atoms with Crippen LogP contribution in [0.3, 0.4) is 0 Å². The highest BCUT2D eigenvalue weighted by Gasteiger charge is 2.25. The summed E-state index contributed by atoms with van der Waals surface area (Å²) in [5, 5.41) is 3.86. The second kappa shape index (κ2) is 6.95. The van der Waals surface area contributed by atoms with Gasteiger partial charge < -0.3 is 5.32 Å². The molecule has 4 heteroatoms. The molecule has 0 bridgehead atoms. The summed E-state index contributed by atoms with van der Waals surface area (Å²) >= 11 is 5.98. The molecule has 1 aliphatic heterocycles. The summed E-state index contributed by atoms with van der Waals surface area (Å²) < 4.78 is 0. The number of carbonyl (C=O) groups excluding carboxylic acids is 1. The van der Waals surface area contributed by atoms with Gasteiger partial charge in [0.1, 0.15) is 6.17 Å². The maximum atomic E-state index is 12.5. The highest BCUT2D eigenvalue weighted by atomic mass is 35.5. The first-order valence-electron chi connectivity index (χ1n) is 7.59. The van der Waals surface area contributed by atoms with Crippen LogP contribution in [-0.2, 0) is 0 Å². The van der Waals surface area contributed by atoms with E-state index in [0.29, 0.717) is 10.6 Å². The van der Waals surface area contributed by atoms with E-state index in [2.05, 4.69) is 10.2 Å². The Morgan fingerprint density at radius 2 is 1.64 bits per heavy atom. The molecule has 1 atom stereocenters. The van der Waals surface area contributed by atoms with Crippen molar-refractivity contribution in [2.45, 2.75) is 19.0 Å². The molecule has 2 aromatic carbocycles. The lowest BCUT2D eigenvalue weighted by Crippen LogP contribution is -2.40. The third-order valence-corrected chi connectivity index (χ3v) is 4.25. The van der Waals surface area contributed by atoms with Crippen LogP contribution in [0.15, 0.2) is 54.6 Å². The van der Waals surface area contributed by atoms with Gasteiger partial charge in [-0.05, 0) is 42.7 Å². The number of rotatable bonds is 4. The first kappa shape index (κ1) is 15.1. The van der Waals surface area contributed by atoms with Gasteiger partial charge in [-0.15, -0.1) is 0 Å². The van der Waals surface area contributed by atoms with Gasteiger partial charge in [-0.2, -0.15) is 0 Å². The molecule has 2 aromatic rings. The van der Waals surface area contributed by atoms with Gasteiger partial charge in [0.15, 0.2) is 0 Å². The van der Waals surface area contributed by atoms with Crippen molar-refractivity contribution in [1.29, 1.82) is 0 Å². The molecule has 1 aliphatic rings. The maximum Gasteiger partial charge on any atom is 0.252 e. The highest BCUT2D eigenvalue weighted by Crippen LogP contribution is 2.24. The van der Waals surface area contributed by atoms with Crippen LogP contribution in [0.5, 0.6) is 0 Å². The van der Waals surface area contributed by atoms with Crippen LogP contribution in [-0.4, -0.2) is 23.9 Å². The summed E-state index contributed by atoms with van der Waals surface area (Å²) in [5.74, 6) is -0.0487. The number of hydrogen-bond donors (Lipinski definition) is 1. The van der Waals surface area contributed by atoms with Crippen molar-refractivity contribution in [3.8, 4) is 0 Å². The van der Waals surface area contributed by atoms with Crippen LogP contribution in [0.1, 0.15) is 34.9 Å². The average Bonchev–Trinajstić information content (AvgIpc) is 3.08. The fourth-order valence-corrected chi connectivity index (χ4v) is 2.95. The molecule has 0 aliphatic carbocycles. The Morgan fingerprint density at radius 1 is 1.00 bits per heavy atom. The lowest BCUT2D eigenvalue weighted by atomic mass is 10.1. The second-order valence-electron chi connectivity index (χ2n) is 5.54. The number of likely N-dealkylation sites (tertiary alicyclic amines) is 1. The molecule has 3 rings (SSSR count). The van der Waals surface area contributed by atoms with Gasteiger partial charge in [-0.1, -0.05) is 41.9 Å². The predicted octanol–water partition coefficient (Wildman–Crippen LogP) is 3.86. The molecule has 1 fully saturated rings. The molecular formula is C18H19ClN2O. The van der Waals surface area contributed by atoms with Crippen molar-refractivity contribution >= 4 is 17.5 Å². The summed E-state index contributed by atoms with van der Waals surface area (Å²) in [4.78, 5) is 14.8. The van der Waals surface area contributed by atoms with Gasteiger partial charge in [0.2, 0.25) is 0 Å². The lowest BCUT2D eigenvalue weighted by Gasteiger charge is -2.29. The van der Waals surface area contributed by atoms with Crippen LogP contribution in [0.4, 0.5) is 0 Å². The van der Waals surface area contributed by atoms with Crippen LogP contribution in [0.25, 0.3) is 0 Å². The normalized spacial score (nSPS) is 16.4. The molecule has 1 amide bonds.